The molecular formula is C21H19F3N6O. The summed E-state index contributed by atoms with van der Waals surface area (Å²) >= 11 is 0. The molecule has 2 amide bonds. The van der Waals surface area contributed by atoms with E-state index in [4.69, 9.17) is 0 Å². The molecule has 3 heterocycles. The van der Waals surface area contributed by atoms with Gasteiger partial charge in [-0.25, -0.2) is 14.8 Å². The number of benzene rings is 1. The maximum Gasteiger partial charge on any atom is 0.405 e. The minimum Gasteiger partial charge on any atom is -0.334 e. The molecule has 4 rings (SSSR count). The number of anilines is 1. The number of aryl methyl sites for hydroxylation is 2. The van der Waals surface area contributed by atoms with Gasteiger partial charge in [0.15, 0.2) is 0 Å². The van der Waals surface area contributed by atoms with Gasteiger partial charge in [-0.05, 0) is 31.2 Å². The second-order valence-corrected chi connectivity index (χ2v) is 7.08. The number of hydrogen-bond donors (Lipinski definition) is 2. The second-order valence-electron chi connectivity index (χ2n) is 7.08. The molecule has 0 radical (unpaired) electrons. The zero-order valence-electron chi connectivity index (χ0n) is 16.7. The van der Waals surface area contributed by atoms with E-state index >= 15 is 0 Å². The largest absolute Gasteiger partial charge is 0.405 e. The Kier molecular flexibility index (Phi) is 5.14. The van der Waals surface area contributed by atoms with E-state index in [0.717, 1.165) is 33.9 Å². The van der Waals surface area contributed by atoms with E-state index in [-0.39, 0.29) is 0 Å². The standard InChI is InChI=1S/C21H19F3N6O/c1-13-19(29(2)12-27-13)15-6-7-30-17(10-25-18(30)9-15)14-4-3-5-16(8-14)28-20(31)26-11-21(22,23)24/h3-10,12H,11H2,1-2H3,(H2,26,28,31). The van der Waals surface area contributed by atoms with Crippen molar-refractivity contribution in [3.63, 3.8) is 0 Å². The van der Waals surface area contributed by atoms with Crippen LogP contribution in [-0.4, -0.2) is 37.7 Å². The molecule has 0 saturated carbocycles. The summed E-state index contributed by atoms with van der Waals surface area (Å²) in [7, 11) is 1.93. The molecule has 0 unspecified atom stereocenters. The van der Waals surface area contributed by atoms with Gasteiger partial charge in [-0.15, -0.1) is 0 Å². The van der Waals surface area contributed by atoms with Crippen molar-refractivity contribution in [2.75, 3.05) is 11.9 Å². The first-order valence-electron chi connectivity index (χ1n) is 9.39. The van der Waals surface area contributed by atoms with Gasteiger partial charge in [0.1, 0.15) is 12.2 Å². The van der Waals surface area contributed by atoms with E-state index in [9.17, 15) is 18.0 Å². The molecular weight excluding hydrogens is 409 g/mol. The van der Waals surface area contributed by atoms with Gasteiger partial charge in [0.05, 0.1) is 29.6 Å². The van der Waals surface area contributed by atoms with E-state index in [1.54, 1.807) is 36.0 Å². The number of carbonyl (C=O) groups is 1. The van der Waals surface area contributed by atoms with Crippen LogP contribution in [0.15, 0.2) is 55.1 Å². The first kappa shape index (κ1) is 20.5. The number of pyridine rings is 1. The highest BCUT2D eigenvalue weighted by molar-refractivity contribution is 5.90. The Labute approximate surface area is 175 Å². The lowest BCUT2D eigenvalue weighted by atomic mass is 10.1. The molecule has 31 heavy (non-hydrogen) atoms. The Morgan fingerprint density at radius 1 is 1.13 bits per heavy atom. The molecule has 3 aromatic heterocycles. The van der Waals surface area contributed by atoms with E-state index < -0.39 is 18.8 Å². The maximum atomic E-state index is 12.3. The third-order valence-corrected chi connectivity index (χ3v) is 4.77. The summed E-state index contributed by atoms with van der Waals surface area (Å²) in [6.45, 7) is 0.546. The first-order valence-corrected chi connectivity index (χ1v) is 9.39. The monoisotopic (exact) mass is 428 g/mol. The van der Waals surface area contributed by atoms with Crippen LogP contribution in [0.2, 0.25) is 0 Å². The summed E-state index contributed by atoms with van der Waals surface area (Å²) in [5.74, 6) is 0. The lowest BCUT2D eigenvalue weighted by Crippen LogP contribution is -2.36. The van der Waals surface area contributed by atoms with Gasteiger partial charge in [-0.3, -0.25) is 4.40 Å². The third kappa shape index (κ3) is 4.37. The van der Waals surface area contributed by atoms with Crippen LogP contribution in [0.4, 0.5) is 23.7 Å². The van der Waals surface area contributed by atoms with Crippen molar-refractivity contribution in [1.29, 1.82) is 0 Å². The molecule has 0 aliphatic rings. The Bertz CT molecular complexity index is 1240. The van der Waals surface area contributed by atoms with E-state index in [2.05, 4.69) is 15.3 Å². The predicted octanol–water partition coefficient (Wildman–Crippen LogP) is 4.39. The van der Waals surface area contributed by atoms with Gasteiger partial charge >= 0.3 is 12.2 Å². The summed E-state index contributed by atoms with van der Waals surface area (Å²) in [6.07, 6.45) is 0.894. The van der Waals surface area contributed by atoms with Crippen LogP contribution in [0.25, 0.3) is 28.2 Å². The summed E-state index contributed by atoms with van der Waals surface area (Å²) in [6, 6.07) is 9.82. The number of alkyl halides is 3. The Balaban J connectivity index is 1.59. The second kappa shape index (κ2) is 7.78. The van der Waals surface area contributed by atoms with Gasteiger partial charge in [0.25, 0.3) is 0 Å². The number of carbonyl (C=O) groups excluding carboxylic acids is 1. The lowest BCUT2D eigenvalue weighted by molar-refractivity contribution is -0.122. The molecule has 1 aromatic carbocycles. The van der Waals surface area contributed by atoms with Crippen molar-refractivity contribution < 1.29 is 18.0 Å². The van der Waals surface area contributed by atoms with Gasteiger partial charge in [-0.2, -0.15) is 13.2 Å². The number of nitrogens with zero attached hydrogens (tertiary/aromatic N) is 4. The van der Waals surface area contributed by atoms with E-state index in [0.29, 0.717) is 5.69 Å². The van der Waals surface area contributed by atoms with E-state index in [1.807, 2.05) is 47.3 Å². The molecule has 0 spiro atoms. The molecule has 0 atom stereocenters. The molecule has 7 nitrogen and oxygen atoms in total. The number of imidazole rings is 2. The summed E-state index contributed by atoms with van der Waals surface area (Å²) in [4.78, 5) is 20.5. The molecule has 160 valence electrons. The topological polar surface area (TPSA) is 76.2 Å². The van der Waals surface area contributed by atoms with Gasteiger partial charge in [0.2, 0.25) is 0 Å². The number of urea groups is 1. The number of halogens is 3. The van der Waals surface area contributed by atoms with Crippen molar-refractivity contribution in [3.05, 3.63) is 60.8 Å². The highest BCUT2D eigenvalue weighted by atomic mass is 19.4. The predicted molar refractivity (Wildman–Crippen MR) is 111 cm³/mol. The van der Waals surface area contributed by atoms with Crippen LogP contribution in [0.1, 0.15) is 5.69 Å². The lowest BCUT2D eigenvalue weighted by Gasteiger charge is -2.11. The number of aromatic nitrogens is 4. The Morgan fingerprint density at radius 2 is 1.94 bits per heavy atom. The zero-order chi connectivity index (χ0) is 22.2. The number of rotatable bonds is 4. The van der Waals surface area contributed by atoms with Crippen LogP contribution in [0.5, 0.6) is 0 Å². The van der Waals surface area contributed by atoms with Gasteiger partial charge in [0, 0.05) is 30.1 Å². The number of amides is 2. The summed E-state index contributed by atoms with van der Waals surface area (Å²) < 4.78 is 40.6. The molecule has 0 saturated heterocycles. The van der Waals surface area contributed by atoms with Crippen LogP contribution in [-0.2, 0) is 7.05 Å². The van der Waals surface area contributed by atoms with Crippen molar-refractivity contribution in [3.8, 4) is 22.5 Å². The smallest absolute Gasteiger partial charge is 0.334 e. The van der Waals surface area contributed by atoms with Crippen LogP contribution in [0.3, 0.4) is 0 Å². The normalized spacial score (nSPS) is 11.6. The molecule has 4 aromatic rings. The zero-order valence-corrected chi connectivity index (χ0v) is 16.7. The molecule has 2 N–H and O–H groups in total. The maximum absolute atomic E-state index is 12.3. The molecule has 0 aliphatic carbocycles. The van der Waals surface area contributed by atoms with E-state index in [1.165, 1.54) is 0 Å². The molecule has 0 fully saturated rings. The molecule has 10 heteroatoms. The third-order valence-electron chi connectivity index (χ3n) is 4.77. The fourth-order valence-electron chi connectivity index (χ4n) is 3.41. The fraction of sp³-hybridized carbons (Fsp3) is 0.190. The minimum atomic E-state index is -4.47. The number of fused-ring (bicyclic) bond motifs is 1. The van der Waals surface area contributed by atoms with Crippen molar-refractivity contribution in [1.82, 2.24) is 24.3 Å². The summed E-state index contributed by atoms with van der Waals surface area (Å²) in [5.41, 5.74) is 5.54. The van der Waals surface area contributed by atoms with Crippen molar-refractivity contribution >= 4 is 17.4 Å². The molecule has 0 aliphatic heterocycles. The van der Waals surface area contributed by atoms with Gasteiger partial charge in [-0.1, -0.05) is 12.1 Å². The first-order chi connectivity index (χ1) is 14.7. The highest BCUT2D eigenvalue weighted by Crippen LogP contribution is 2.27. The average Bonchev–Trinajstić information content (AvgIpc) is 3.28. The quantitative estimate of drug-likeness (QED) is 0.506. The van der Waals surface area contributed by atoms with Crippen LogP contribution >= 0.6 is 0 Å². The Morgan fingerprint density at radius 3 is 2.65 bits per heavy atom. The fourth-order valence-corrected chi connectivity index (χ4v) is 3.41. The van der Waals surface area contributed by atoms with Crippen LogP contribution in [0, 0.1) is 6.92 Å². The average molecular weight is 428 g/mol. The highest BCUT2D eigenvalue weighted by Gasteiger charge is 2.27. The van der Waals surface area contributed by atoms with Gasteiger partial charge < -0.3 is 15.2 Å². The van der Waals surface area contributed by atoms with Crippen molar-refractivity contribution in [2.24, 2.45) is 7.05 Å². The number of hydrogen-bond acceptors (Lipinski definition) is 3. The Hall–Kier alpha value is -3.82. The number of nitrogens with one attached hydrogen (secondary N) is 2. The van der Waals surface area contributed by atoms with Crippen molar-refractivity contribution in [2.45, 2.75) is 13.1 Å². The molecule has 0 bridgehead atoms. The van der Waals surface area contributed by atoms with Crippen LogP contribution < -0.4 is 10.6 Å². The summed E-state index contributed by atoms with van der Waals surface area (Å²) in [5, 5.41) is 4.20. The minimum absolute atomic E-state index is 0.370. The SMILES string of the molecule is Cc1ncn(C)c1-c1ccn2c(-c3cccc(NC(=O)NCC(F)(F)F)c3)cnc2c1.